The Balaban J connectivity index is 3.66. The predicted octanol–water partition coefficient (Wildman–Crippen LogP) is 0.832. The summed E-state index contributed by atoms with van der Waals surface area (Å²) >= 11 is 0. The van der Waals surface area contributed by atoms with Crippen LogP contribution in [-0.4, -0.2) is 19.0 Å². The van der Waals surface area contributed by atoms with Gasteiger partial charge in [0, 0.05) is 7.05 Å². The van der Waals surface area contributed by atoms with Crippen molar-refractivity contribution < 1.29 is 4.79 Å². The van der Waals surface area contributed by atoms with Crippen molar-refractivity contribution in [3.63, 3.8) is 0 Å². The van der Waals surface area contributed by atoms with Gasteiger partial charge in [-0.25, -0.2) is 0 Å². The molecule has 0 saturated carbocycles. The Bertz CT molecular complexity index is 110. The van der Waals surface area contributed by atoms with Crippen molar-refractivity contribution in [2.75, 3.05) is 7.05 Å². The van der Waals surface area contributed by atoms with E-state index in [1.165, 1.54) is 12.3 Å². The molecule has 8 heavy (non-hydrogen) atoms. The molecular weight excluding hydrogens is 102 g/mol. The third kappa shape index (κ3) is 3.28. The summed E-state index contributed by atoms with van der Waals surface area (Å²) in [6.45, 7) is 1.79. The highest BCUT2D eigenvalue weighted by Crippen LogP contribution is 1.70. The molecule has 0 fully saturated rings. The average Bonchev–Trinajstić information content (AvgIpc) is 1.68. The number of carbonyl (C=O) groups is 1. The molecule has 0 aromatic heterocycles. The van der Waals surface area contributed by atoms with Crippen LogP contribution in [0.4, 0.5) is 0 Å². The fourth-order valence-electron chi connectivity index (χ4n) is 0.335. The summed E-state index contributed by atoms with van der Waals surface area (Å²) in [5.41, 5.74) is 0. The van der Waals surface area contributed by atoms with Gasteiger partial charge >= 0.3 is 0 Å². The van der Waals surface area contributed by atoms with E-state index in [1.807, 2.05) is 0 Å². The molecule has 0 aromatic carbocycles. The van der Waals surface area contributed by atoms with Crippen molar-refractivity contribution in [1.82, 2.24) is 0 Å². The van der Waals surface area contributed by atoms with Crippen molar-refractivity contribution in [1.29, 1.82) is 0 Å². The summed E-state index contributed by atoms with van der Waals surface area (Å²) in [5, 5.41) is 0. The van der Waals surface area contributed by atoms with Gasteiger partial charge in [-0.2, -0.15) is 0 Å². The van der Waals surface area contributed by atoms with Crippen LogP contribution in [0.25, 0.3) is 0 Å². The number of hydrogen-bond acceptors (Lipinski definition) is 2. The van der Waals surface area contributed by atoms with Crippen LogP contribution >= 0.6 is 0 Å². The lowest BCUT2D eigenvalue weighted by Crippen LogP contribution is -1.91. The van der Waals surface area contributed by atoms with Gasteiger partial charge in [-0.05, 0) is 13.0 Å². The van der Waals surface area contributed by atoms with E-state index in [0.717, 1.165) is 0 Å². The molecule has 0 atom stereocenters. The van der Waals surface area contributed by atoms with E-state index >= 15 is 0 Å². The minimum atomic E-state index is -0.0602. The molecule has 0 radical (unpaired) electrons. The number of allylic oxidation sites excluding steroid dienone is 2. The first-order valence-electron chi connectivity index (χ1n) is 2.40. The summed E-state index contributed by atoms with van der Waals surface area (Å²) in [4.78, 5) is 13.9. The van der Waals surface area contributed by atoms with Crippen LogP contribution in [0, 0.1) is 0 Å². The Morgan fingerprint density at radius 1 is 1.62 bits per heavy atom. The molecule has 0 saturated heterocycles. The normalized spacial score (nSPS) is 11.2. The van der Waals surface area contributed by atoms with Gasteiger partial charge < -0.3 is 0 Å². The molecule has 2 nitrogen and oxygen atoms in total. The van der Waals surface area contributed by atoms with Gasteiger partial charge in [0.25, 0.3) is 0 Å². The van der Waals surface area contributed by atoms with Gasteiger partial charge in [0.2, 0.25) is 0 Å². The second-order valence-corrected chi connectivity index (χ2v) is 1.29. The molecule has 2 heteroatoms. The maximum absolute atomic E-state index is 10.4. The first-order chi connectivity index (χ1) is 3.81. The number of ketones is 1. The molecule has 0 aliphatic heterocycles. The van der Waals surface area contributed by atoms with Gasteiger partial charge in [-0.1, -0.05) is 6.08 Å². The van der Waals surface area contributed by atoms with Gasteiger partial charge in [0.15, 0.2) is 5.78 Å². The van der Waals surface area contributed by atoms with Crippen LogP contribution in [0.3, 0.4) is 0 Å². The topological polar surface area (TPSA) is 29.4 Å². The van der Waals surface area contributed by atoms with Crippen LogP contribution in [0.2, 0.25) is 0 Å². The lowest BCUT2D eigenvalue weighted by Gasteiger charge is -1.74. The van der Waals surface area contributed by atoms with Crippen molar-refractivity contribution in [3.05, 3.63) is 12.2 Å². The SMILES string of the molecule is C/C=C\C(=O)C=NC. The minimum Gasteiger partial charge on any atom is -0.292 e. The Hall–Kier alpha value is -0.920. The molecule has 0 heterocycles. The maximum Gasteiger partial charge on any atom is 0.196 e. The second kappa shape index (κ2) is 4.24. The second-order valence-electron chi connectivity index (χ2n) is 1.29. The Morgan fingerprint density at radius 2 is 2.25 bits per heavy atom. The van der Waals surface area contributed by atoms with E-state index in [2.05, 4.69) is 4.99 Å². The highest BCUT2D eigenvalue weighted by molar-refractivity contribution is 6.32. The molecule has 0 spiro atoms. The molecule has 0 rings (SSSR count). The molecule has 44 valence electrons. The first-order valence-corrected chi connectivity index (χ1v) is 2.40. The molecule has 0 unspecified atom stereocenters. The summed E-state index contributed by atoms with van der Waals surface area (Å²) in [6.07, 6.45) is 4.43. The van der Waals surface area contributed by atoms with E-state index in [-0.39, 0.29) is 5.78 Å². The summed E-state index contributed by atoms with van der Waals surface area (Å²) < 4.78 is 0. The lowest BCUT2D eigenvalue weighted by molar-refractivity contribution is -0.108. The highest BCUT2D eigenvalue weighted by atomic mass is 16.1. The number of carbonyl (C=O) groups excluding carboxylic acids is 1. The monoisotopic (exact) mass is 111 g/mol. The lowest BCUT2D eigenvalue weighted by atomic mass is 10.4. The Labute approximate surface area is 48.9 Å². The third-order valence-corrected chi connectivity index (χ3v) is 0.587. The van der Waals surface area contributed by atoms with Gasteiger partial charge in [-0.3, -0.25) is 9.79 Å². The third-order valence-electron chi connectivity index (χ3n) is 0.587. The van der Waals surface area contributed by atoms with E-state index in [4.69, 9.17) is 0 Å². The smallest absolute Gasteiger partial charge is 0.196 e. The zero-order valence-corrected chi connectivity index (χ0v) is 5.09. The standard InChI is InChI=1S/C6H9NO/c1-3-4-6(8)5-7-2/h3-5H,1-2H3/b4-3-,7-5?. The van der Waals surface area contributed by atoms with Crippen LogP contribution in [0.15, 0.2) is 17.1 Å². The number of rotatable bonds is 2. The van der Waals surface area contributed by atoms with Gasteiger partial charge in [0.05, 0.1) is 6.21 Å². The molecule has 0 aliphatic rings. The van der Waals surface area contributed by atoms with E-state index in [1.54, 1.807) is 20.0 Å². The fraction of sp³-hybridized carbons (Fsp3) is 0.333. The maximum atomic E-state index is 10.4. The van der Waals surface area contributed by atoms with Crippen LogP contribution in [0.5, 0.6) is 0 Å². The molecule has 0 amide bonds. The Morgan fingerprint density at radius 3 is 2.62 bits per heavy atom. The van der Waals surface area contributed by atoms with Crippen molar-refractivity contribution in [3.8, 4) is 0 Å². The Kier molecular flexibility index (Phi) is 3.76. The first kappa shape index (κ1) is 7.08. The van der Waals surface area contributed by atoms with E-state index < -0.39 is 0 Å². The molecule has 0 aromatic rings. The van der Waals surface area contributed by atoms with Gasteiger partial charge in [0.1, 0.15) is 0 Å². The zero-order chi connectivity index (χ0) is 6.41. The summed E-state index contributed by atoms with van der Waals surface area (Å²) in [5.74, 6) is -0.0602. The zero-order valence-electron chi connectivity index (χ0n) is 5.09. The van der Waals surface area contributed by atoms with E-state index in [9.17, 15) is 4.79 Å². The van der Waals surface area contributed by atoms with Crippen molar-refractivity contribution >= 4 is 12.0 Å². The number of hydrogen-bond donors (Lipinski definition) is 0. The van der Waals surface area contributed by atoms with E-state index in [0.29, 0.717) is 0 Å². The molecular formula is C6H9NO. The van der Waals surface area contributed by atoms with Crippen molar-refractivity contribution in [2.24, 2.45) is 4.99 Å². The largest absolute Gasteiger partial charge is 0.292 e. The van der Waals surface area contributed by atoms with Crippen LogP contribution in [0.1, 0.15) is 6.92 Å². The minimum absolute atomic E-state index is 0.0602. The summed E-state index contributed by atoms with van der Waals surface area (Å²) in [7, 11) is 1.57. The molecule has 0 N–H and O–H groups in total. The molecule has 0 bridgehead atoms. The highest BCUT2D eigenvalue weighted by Gasteiger charge is 1.82. The number of aliphatic imine (C=N–C) groups is 1. The van der Waals surface area contributed by atoms with Crippen LogP contribution in [-0.2, 0) is 4.79 Å². The fourth-order valence-corrected chi connectivity index (χ4v) is 0.335. The predicted molar refractivity (Wildman–Crippen MR) is 34.2 cm³/mol. The molecule has 0 aliphatic carbocycles. The van der Waals surface area contributed by atoms with Crippen molar-refractivity contribution in [2.45, 2.75) is 6.92 Å². The quantitative estimate of drug-likeness (QED) is 0.383. The summed E-state index contributed by atoms with van der Waals surface area (Å²) in [6, 6.07) is 0. The van der Waals surface area contributed by atoms with Crippen LogP contribution < -0.4 is 0 Å². The average molecular weight is 111 g/mol. The number of nitrogens with zero attached hydrogens (tertiary/aromatic N) is 1. The van der Waals surface area contributed by atoms with Gasteiger partial charge in [-0.15, -0.1) is 0 Å².